The van der Waals surface area contributed by atoms with Crippen molar-refractivity contribution in [3.63, 3.8) is 0 Å². The van der Waals surface area contributed by atoms with Crippen LogP contribution >= 0.6 is 0 Å². The molecule has 2 heteroatoms. The molecule has 0 saturated carbocycles. The minimum Gasteiger partial charge on any atom is -0.459 e. The van der Waals surface area contributed by atoms with Crippen LogP contribution in [0.1, 0.15) is 64.4 Å². The van der Waals surface area contributed by atoms with Crippen molar-refractivity contribution in [2.75, 3.05) is 0 Å². The van der Waals surface area contributed by atoms with Gasteiger partial charge in [-0.1, -0.05) is 57.2 Å². The highest BCUT2D eigenvalue weighted by atomic mass is 16.5. The summed E-state index contributed by atoms with van der Waals surface area (Å²) < 4.78 is 5.50. The minimum absolute atomic E-state index is 0.0298. The second-order valence-corrected chi connectivity index (χ2v) is 5.84. The van der Waals surface area contributed by atoms with E-state index in [4.69, 9.17) is 4.74 Å². The molecule has 1 rings (SSSR count). The number of hydrogen-bond acceptors (Lipinski definition) is 2. The van der Waals surface area contributed by atoms with Gasteiger partial charge in [-0.05, 0) is 44.1 Å². The van der Waals surface area contributed by atoms with Crippen molar-refractivity contribution in [1.29, 1.82) is 0 Å². The van der Waals surface area contributed by atoms with Crippen LogP contribution in [0.5, 0.6) is 0 Å². The maximum Gasteiger partial charge on any atom is 0.333 e. The number of rotatable bonds is 9. The monoisotopic (exact) mass is 288 g/mol. The molecule has 2 nitrogen and oxygen atoms in total. The molecule has 2 unspecified atom stereocenters. The Hall–Kier alpha value is -1.57. The molecule has 0 radical (unpaired) electrons. The molecular weight excluding hydrogens is 260 g/mol. The first-order chi connectivity index (χ1) is 10.0. The third kappa shape index (κ3) is 6.61. The molecule has 0 aliphatic heterocycles. The standard InChI is InChI=1S/C19H28O2/c1-5-10-18(21-19(20)15(2)3)14-9-11-16(4)17-12-7-6-8-13-17/h6-8,12-13,16,18H,2,5,9-11,14H2,1,3-4H3. The van der Waals surface area contributed by atoms with E-state index in [9.17, 15) is 4.79 Å². The molecule has 116 valence electrons. The number of esters is 1. The molecule has 0 aliphatic rings. The van der Waals surface area contributed by atoms with Gasteiger partial charge in [0.15, 0.2) is 0 Å². The molecule has 0 aliphatic carbocycles. The Balaban J connectivity index is 2.39. The quantitative estimate of drug-likeness (QED) is 0.458. The highest BCUT2D eigenvalue weighted by Gasteiger charge is 2.15. The summed E-state index contributed by atoms with van der Waals surface area (Å²) in [5.74, 6) is 0.287. The Morgan fingerprint density at radius 2 is 1.86 bits per heavy atom. The molecule has 0 N–H and O–H groups in total. The number of carbonyl (C=O) groups excluding carboxylic acids is 1. The predicted molar refractivity (Wildman–Crippen MR) is 88.3 cm³/mol. The van der Waals surface area contributed by atoms with Gasteiger partial charge in [0, 0.05) is 5.57 Å². The van der Waals surface area contributed by atoms with Gasteiger partial charge in [-0.15, -0.1) is 0 Å². The molecular formula is C19H28O2. The zero-order chi connectivity index (χ0) is 15.7. The summed E-state index contributed by atoms with van der Waals surface area (Å²) in [4.78, 5) is 11.6. The number of carbonyl (C=O) groups is 1. The van der Waals surface area contributed by atoms with Crippen LogP contribution in [0.3, 0.4) is 0 Å². The Bertz CT molecular complexity index is 436. The summed E-state index contributed by atoms with van der Waals surface area (Å²) in [7, 11) is 0. The number of ether oxygens (including phenoxy) is 1. The maximum absolute atomic E-state index is 11.6. The molecule has 0 bridgehead atoms. The normalized spacial score (nSPS) is 13.5. The number of benzene rings is 1. The summed E-state index contributed by atoms with van der Waals surface area (Å²) in [6.07, 6.45) is 5.12. The smallest absolute Gasteiger partial charge is 0.333 e. The molecule has 1 aromatic rings. The van der Waals surface area contributed by atoms with E-state index in [0.717, 1.165) is 32.1 Å². The Morgan fingerprint density at radius 1 is 1.19 bits per heavy atom. The largest absolute Gasteiger partial charge is 0.459 e. The van der Waals surface area contributed by atoms with Crippen LogP contribution < -0.4 is 0 Å². The average molecular weight is 288 g/mol. The minimum atomic E-state index is -0.260. The maximum atomic E-state index is 11.6. The lowest BCUT2D eigenvalue weighted by Gasteiger charge is -2.18. The zero-order valence-corrected chi connectivity index (χ0v) is 13.6. The van der Waals surface area contributed by atoms with Crippen molar-refractivity contribution in [3.8, 4) is 0 Å². The van der Waals surface area contributed by atoms with Crippen LogP contribution in [0.4, 0.5) is 0 Å². The Labute approximate surface area is 129 Å². The Morgan fingerprint density at radius 3 is 2.43 bits per heavy atom. The lowest BCUT2D eigenvalue weighted by Crippen LogP contribution is -2.18. The van der Waals surface area contributed by atoms with E-state index in [0.29, 0.717) is 11.5 Å². The van der Waals surface area contributed by atoms with Gasteiger partial charge in [-0.3, -0.25) is 0 Å². The van der Waals surface area contributed by atoms with E-state index in [1.807, 2.05) is 6.07 Å². The molecule has 21 heavy (non-hydrogen) atoms. The van der Waals surface area contributed by atoms with Crippen LogP contribution in [0.15, 0.2) is 42.5 Å². The molecule has 2 atom stereocenters. The van der Waals surface area contributed by atoms with Gasteiger partial charge in [0.25, 0.3) is 0 Å². The van der Waals surface area contributed by atoms with Gasteiger partial charge in [0.05, 0.1) is 0 Å². The molecule has 0 spiro atoms. The van der Waals surface area contributed by atoms with Gasteiger partial charge in [-0.25, -0.2) is 4.79 Å². The molecule has 0 amide bonds. The van der Waals surface area contributed by atoms with Crippen LogP contribution in [-0.4, -0.2) is 12.1 Å². The summed E-state index contributed by atoms with van der Waals surface area (Å²) in [5, 5.41) is 0. The number of hydrogen-bond donors (Lipinski definition) is 0. The van der Waals surface area contributed by atoms with Crippen molar-refractivity contribution in [2.24, 2.45) is 0 Å². The van der Waals surface area contributed by atoms with E-state index in [2.05, 4.69) is 44.7 Å². The molecule has 0 saturated heterocycles. The summed E-state index contributed by atoms with van der Waals surface area (Å²) in [6.45, 7) is 9.71. The van der Waals surface area contributed by atoms with Crippen LogP contribution in [0, 0.1) is 0 Å². The van der Waals surface area contributed by atoms with Crippen molar-refractivity contribution in [2.45, 2.75) is 64.9 Å². The molecule has 0 heterocycles. The first-order valence-corrected chi connectivity index (χ1v) is 7.96. The van der Waals surface area contributed by atoms with Crippen molar-refractivity contribution in [1.82, 2.24) is 0 Å². The SMILES string of the molecule is C=C(C)C(=O)OC(CCC)CCCC(C)c1ccccc1. The second-order valence-electron chi connectivity index (χ2n) is 5.84. The van der Waals surface area contributed by atoms with Crippen LogP contribution in [0.2, 0.25) is 0 Å². The fourth-order valence-electron chi connectivity index (χ4n) is 2.44. The van der Waals surface area contributed by atoms with Gasteiger partial charge in [0.1, 0.15) is 6.10 Å². The van der Waals surface area contributed by atoms with E-state index in [1.54, 1.807) is 6.92 Å². The highest BCUT2D eigenvalue weighted by molar-refractivity contribution is 5.87. The van der Waals surface area contributed by atoms with Crippen molar-refractivity contribution >= 4 is 5.97 Å². The predicted octanol–water partition coefficient (Wildman–Crippen LogP) is 5.25. The van der Waals surface area contributed by atoms with Crippen molar-refractivity contribution < 1.29 is 9.53 Å². The van der Waals surface area contributed by atoms with Gasteiger partial charge in [0.2, 0.25) is 0 Å². The van der Waals surface area contributed by atoms with Crippen LogP contribution in [-0.2, 0) is 9.53 Å². The average Bonchev–Trinajstić information content (AvgIpc) is 2.48. The first kappa shape index (κ1) is 17.5. The van der Waals surface area contributed by atoms with E-state index < -0.39 is 0 Å². The zero-order valence-electron chi connectivity index (χ0n) is 13.6. The van der Waals surface area contributed by atoms with E-state index in [-0.39, 0.29) is 12.1 Å². The van der Waals surface area contributed by atoms with E-state index >= 15 is 0 Å². The molecule has 0 fully saturated rings. The fourth-order valence-corrected chi connectivity index (χ4v) is 2.44. The lowest BCUT2D eigenvalue weighted by atomic mass is 9.94. The Kier molecular flexibility index (Phi) is 7.81. The second kappa shape index (κ2) is 9.38. The topological polar surface area (TPSA) is 26.3 Å². The molecule has 1 aromatic carbocycles. The van der Waals surface area contributed by atoms with Crippen LogP contribution in [0.25, 0.3) is 0 Å². The third-order valence-corrected chi connectivity index (χ3v) is 3.76. The van der Waals surface area contributed by atoms with Crippen molar-refractivity contribution in [3.05, 3.63) is 48.0 Å². The van der Waals surface area contributed by atoms with Gasteiger partial charge >= 0.3 is 5.97 Å². The van der Waals surface area contributed by atoms with E-state index in [1.165, 1.54) is 5.56 Å². The van der Waals surface area contributed by atoms with Gasteiger partial charge in [-0.2, -0.15) is 0 Å². The summed E-state index contributed by atoms with van der Waals surface area (Å²) >= 11 is 0. The summed E-state index contributed by atoms with van der Waals surface area (Å²) in [6, 6.07) is 10.6. The summed E-state index contributed by atoms with van der Waals surface area (Å²) in [5.41, 5.74) is 1.86. The third-order valence-electron chi connectivity index (χ3n) is 3.76. The first-order valence-electron chi connectivity index (χ1n) is 7.96. The highest BCUT2D eigenvalue weighted by Crippen LogP contribution is 2.23. The fraction of sp³-hybridized carbons (Fsp3) is 0.526. The molecule has 0 aromatic heterocycles. The van der Waals surface area contributed by atoms with Gasteiger partial charge < -0.3 is 4.74 Å². The lowest BCUT2D eigenvalue weighted by molar-refractivity contribution is -0.144.